The Morgan fingerprint density at radius 1 is 1.18 bits per heavy atom. The van der Waals surface area contributed by atoms with E-state index in [1.807, 2.05) is 36.4 Å². The van der Waals surface area contributed by atoms with Crippen LogP contribution in [-0.4, -0.2) is 35.0 Å². The predicted octanol–water partition coefficient (Wildman–Crippen LogP) is 1.61. The van der Waals surface area contributed by atoms with E-state index in [0.29, 0.717) is 13.0 Å². The number of nitrogens with one attached hydrogen (secondary N) is 2. The molecule has 22 heavy (non-hydrogen) atoms. The Bertz CT molecular complexity index is 557. The van der Waals surface area contributed by atoms with E-state index in [1.54, 1.807) is 12.3 Å². The molecule has 0 fully saturated rings. The standard InChI is InChI=1S/C16H20N2O4/c19-15(11-17-10-13-7-4-8-22-13)14(18-16(20)21)9-12-5-2-1-3-6-12/h1-8,14-15,17-19H,9-11H2,(H,20,21)/t14-,15+/m0/s1. The Morgan fingerprint density at radius 2 is 1.95 bits per heavy atom. The van der Waals surface area contributed by atoms with Crippen molar-refractivity contribution in [3.8, 4) is 0 Å². The second-order valence-electron chi connectivity index (χ2n) is 5.02. The Balaban J connectivity index is 1.87. The summed E-state index contributed by atoms with van der Waals surface area (Å²) in [6.07, 6.45) is 0.0197. The van der Waals surface area contributed by atoms with Crippen molar-refractivity contribution < 1.29 is 19.4 Å². The minimum absolute atomic E-state index is 0.262. The van der Waals surface area contributed by atoms with Crippen molar-refractivity contribution in [3.63, 3.8) is 0 Å². The summed E-state index contributed by atoms with van der Waals surface area (Å²) in [7, 11) is 0. The Labute approximate surface area is 128 Å². The van der Waals surface area contributed by atoms with Crippen LogP contribution >= 0.6 is 0 Å². The van der Waals surface area contributed by atoms with Crippen LogP contribution in [0.5, 0.6) is 0 Å². The molecule has 118 valence electrons. The fourth-order valence-corrected chi connectivity index (χ4v) is 2.21. The van der Waals surface area contributed by atoms with E-state index < -0.39 is 18.2 Å². The fraction of sp³-hybridized carbons (Fsp3) is 0.312. The third-order valence-corrected chi connectivity index (χ3v) is 3.30. The van der Waals surface area contributed by atoms with Gasteiger partial charge in [0, 0.05) is 6.54 Å². The zero-order valence-corrected chi connectivity index (χ0v) is 12.1. The maximum absolute atomic E-state index is 10.9. The molecule has 0 spiro atoms. The molecule has 4 N–H and O–H groups in total. The maximum atomic E-state index is 10.9. The van der Waals surface area contributed by atoms with Crippen LogP contribution in [0.1, 0.15) is 11.3 Å². The summed E-state index contributed by atoms with van der Waals surface area (Å²) in [6, 6.07) is 12.5. The van der Waals surface area contributed by atoms with Crippen LogP contribution in [0.4, 0.5) is 4.79 Å². The molecule has 6 nitrogen and oxygen atoms in total. The molecule has 0 bridgehead atoms. The highest BCUT2D eigenvalue weighted by molar-refractivity contribution is 5.65. The third-order valence-electron chi connectivity index (χ3n) is 3.30. The Hall–Kier alpha value is -2.31. The quantitative estimate of drug-likeness (QED) is 0.594. The van der Waals surface area contributed by atoms with Crippen molar-refractivity contribution in [2.45, 2.75) is 25.1 Å². The number of carbonyl (C=O) groups is 1. The molecule has 6 heteroatoms. The highest BCUT2D eigenvalue weighted by Crippen LogP contribution is 2.07. The largest absolute Gasteiger partial charge is 0.468 e. The molecule has 2 aromatic rings. The molecular weight excluding hydrogens is 284 g/mol. The van der Waals surface area contributed by atoms with Crippen molar-refractivity contribution >= 4 is 6.09 Å². The first-order valence-electron chi connectivity index (χ1n) is 7.09. The van der Waals surface area contributed by atoms with Gasteiger partial charge >= 0.3 is 6.09 Å². The zero-order chi connectivity index (χ0) is 15.8. The van der Waals surface area contributed by atoms with Crippen LogP contribution in [0, 0.1) is 0 Å². The molecule has 0 saturated heterocycles. The number of amides is 1. The van der Waals surface area contributed by atoms with Gasteiger partial charge in [0.2, 0.25) is 0 Å². The molecule has 2 rings (SSSR count). The minimum atomic E-state index is -1.15. The van der Waals surface area contributed by atoms with Gasteiger partial charge in [-0.2, -0.15) is 0 Å². The van der Waals surface area contributed by atoms with Gasteiger partial charge in [-0.1, -0.05) is 30.3 Å². The predicted molar refractivity (Wildman–Crippen MR) is 81.5 cm³/mol. The first-order chi connectivity index (χ1) is 10.6. The van der Waals surface area contributed by atoms with Gasteiger partial charge in [-0.05, 0) is 24.1 Å². The molecule has 0 radical (unpaired) electrons. The summed E-state index contributed by atoms with van der Waals surface area (Å²) in [5.41, 5.74) is 0.964. The number of furan rings is 1. The minimum Gasteiger partial charge on any atom is -0.468 e. The number of rotatable bonds is 8. The van der Waals surface area contributed by atoms with Crippen molar-refractivity contribution in [1.29, 1.82) is 0 Å². The molecule has 0 aliphatic carbocycles. The molecule has 1 heterocycles. The molecule has 0 saturated carbocycles. The summed E-state index contributed by atoms with van der Waals surface area (Å²) in [6.45, 7) is 0.744. The number of benzene rings is 1. The van der Waals surface area contributed by atoms with E-state index in [-0.39, 0.29) is 6.54 Å². The Morgan fingerprint density at radius 3 is 2.59 bits per heavy atom. The molecule has 0 unspecified atom stereocenters. The number of hydrogen-bond donors (Lipinski definition) is 4. The highest BCUT2D eigenvalue weighted by atomic mass is 16.4. The Kier molecular flexibility index (Phi) is 6.00. The number of aliphatic hydroxyl groups excluding tert-OH is 1. The fourth-order valence-electron chi connectivity index (χ4n) is 2.21. The van der Waals surface area contributed by atoms with Crippen LogP contribution in [0.15, 0.2) is 53.1 Å². The SMILES string of the molecule is O=C(O)N[C@@H](Cc1ccccc1)[C@H](O)CNCc1ccco1. The molecule has 1 aromatic carbocycles. The summed E-state index contributed by atoms with van der Waals surface area (Å²) in [5, 5.41) is 24.6. The maximum Gasteiger partial charge on any atom is 0.404 e. The lowest BCUT2D eigenvalue weighted by Gasteiger charge is -2.23. The number of hydrogen-bond acceptors (Lipinski definition) is 4. The van der Waals surface area contributed by atoms with Gasteiger partial charge in [-0.3, -0.25) is 0 Å². The highest BCUT2D eigenvalue weighted by Gasteiger charge is 2.21. The summed E-state index contributed by atoms with van der Waals surface area (Å²) in [5.74, 6) is 0.762. The van der Waals surface area contributed by atoms with E-state index in [4.69, 9.17) is 9.52 Å². The van der Waals surface area contributed by atoms with Gasteiger partial charge in [0.1, 0.15) is 5.76 Å². The van der Waals surface area contributed by atoms with E-state index >= 15 is 0 Å². The van der Waals surface area contributed by atoms with Crippen molar-refractivity contribution in [2.24, 2.45) is 0 Å². The van der Waals surface area contributed by atoms with Gasteiger partial charge in [0.25, 0.3) is 0 Å². The third kappa shape index (κ3) is 5.23. The molecular formula is C16H20N2O4. The monoisotopic (exact) mass is 304 g/mol. The average molecular weight is 304 g/mol. The summed E-state index contributed by atoms with van der Waals surface area (Å²) < 4.78 is 5.18. The average Bonchev–Trinajstić information content (AvgIpc) is 3.00. The second kappa shape index (κ2) is 8.21. The van der Waals surface area contributed by atoms with Gasteiger partial charge in [0.05, 0.1) is 25.0 Å². The molecule has 0 aliphatic rings. The molecule has 2 atom stereocenters. The van der Waals surface area contributed by atoms with E-state index in [9.17, 15) is 9.90 Å². The van der Waals surface area contributed by atoms with Crippen molar-refractivity contribution in [2.75, 3.05) is 6.54 Å². The summed E-state index contributed by atoms with van der Waals surface area (Å²) in [4.78, 5) is 10.9. The van der Waals surface area contributed by atoms with Crippen molar-refractivity contribution in [1.82, 2.24) is 10.6 Å². The van der Waals surface area contributed by atoms with Gasteiger partial charge in [-0.15, -0.1) is 0 Å². The van der Waals surface area contributed by atoms with Crippen LogP contribution in [0.2, 0.25) is 0 Å². The molecule has 1 amide bonds. The second-order valence-corrected chi connectivity index (χ2v) is 5.02. The normalized spacial score (nSPS) is 13.5. The molecule has 0 aliphatic heterocycles. The van der Waals surface area contributed by atoms with Crippen LogP contribution in [-0.2, 0) is 13.0 Å². The topological polar surface area (TPSA) is 94.7 Å². The van der Waals surface area contributed by atoms with Gasteiger partial charge in [-0.25, -0.2) is 4.79 Å². The number of aliphatic hydroxyl groups is 1. The zero-order valence-electron chi connectivity index (χ0n) is 12.1. The van der Waals surface area contributed by atoms with Crippen LogP contribution < -0.4 is 10.6 Å². The lowest BCUT2D eigenvalue weighted by Crippen LogP contribution is -2.48. The van der Waals surface area contributed by atoms with E-state index in [1.165, 1.54) is 0 Å². The first kappa shape index (κ1) is 16.1. The van der Waals surface area contributed by atoms with Gasteiger partial charge in [0.15, 0.2) is 0 Å². The number of carboxylic acid groups (broad SMARTS) is 1. The molecule has 1 aromatic heterocycles. The summed E-state index contributed by atoms with van der Waals surface area (Å²) >= 11 is 0. The first-order valence-corrected chi connectivity index (χ1v) is 7.09. The van der Waals surface area contributed by atoms with Crippen molar-refractivity contribution in [3.05, 3.63) is 60.1 Å². The van der Waals surface area contributed by atoms with Gasteiger partial charge < -0.3 is 25.3 Å². The van der Waals surface area contributed by atoms with Crippen LogP contribution in [0.25, 0.3) is 0 Å². The van der Waals surface area contributed by atoms with E-state index in [2.05, 4.69) is 10.6 Å². The lowest BCUT2D eigenvalue weighted by atomic mass is 10.0. The van der Waals surface area contributed by atoms with Crippen LogP contribution in [0.3, 0.4) is 0 Å². The van der Waals surface area contributed by atoms with E-state index in [0.717, 1.165) is 11.3 Å². The smallest absolute Gasteiger partial charge is 0.404 e. The lowest BCUT2D eigenvalue weighted by molar-refractivity contribution is 0.117.